The summed E-state index contributed by atoms with van der Waals surface area (Å²) in [7, 11) is 4.96. The van der Waals surface area contributed by atoms with Gasteiger partial charge in [-0.05, 0) is 24.3 Å². The maximum absolute atomic E-state index is 12.6. The molecule has 1 aromatic carbocycles. The number of nitrogens with zero attached hydrogens (tertiary/aromatic N) is 4. The number of carbonyl (C=O) groups is 1. The molecule has 0 unspecified atom stereocenters. The lowest BCUT2D eigenvalue weighted by Crippen LogP contribution is -2.06. The van der Waals surface area contributed by atoms with E-state index in [9.17, 15) is 4.79 Å². The number of hydrogen-bond donors (Lipinski definition) is 0. The molecule has 7 nitrogen and oxygen atoms in total. The van der Waals surface area contributed by atoms with E-state index in [1.54, 1.807) is 37.7 Å². The number of ketones is 1. The molecule has 0 atom stereocenters. The van der Waals surface area contributed by atoms with Gasteiger partial charge in [-0.1, -0.05) is 11.8 Å². The minimum absolute atomic E-state index is 0.0552. The van der Waals surface area contributed by atoms with Gasteiger partial charge >= 0.3 is 0 Å². The van der Waals surface area contributed by atoms with Crippen molar-refractivity contribution in [1.82, 2.24) is 19.7 Å². The van der Waals surface area contributed by atoms with Gasteiger partial charge in [-0.3, -0.25) is 9.78 Å². The zero-order valence-corrected chi connectivity index (χ0v) is 15.5. The largest absolute Gasteiger partial charge is 0.497 e. The zero-order valence-electron chi connectivity index (χ0n) is 14.7. The average molecular weight is 370 g/mol. The number of rotatable bonds is 7. The Kier molecular flexibility index (Phi) is 5.52. The third-order valence-electron chi connectivity index (χ3n) is 3.80. The van der Waals surface area contributed by atoms with Crippen LogP contribution in [0.15, 0.2) is 47.9 Å². The number of carbonyl (C=O) groups excluding carboxylic acids is 1. The van der Waals surface area contributed by atoms with Crippen LogP contribution >= 0.6 is 11.8 Å². The van der Waals surface area contributed by atoms with Gasteiger partial charge in [0.15, 0.2) is 16.8 Å². The highest BCUT2D eigenvalue weighted by Crippen LogP contribution is 2.27. The van der Waals surface area contributed by atoms with Crippen LogP contribution in [0.25, 0.3) is 11.4 Å². The summed E-state index contributed by atoms with van der Waals surface area (Å²) in [6.07, 6.45) is 3.43. The second-order valence-electron chi connectivity index (χ2n) is 5.38. The Morgan fingerprint density at radius 2 is 2.04 bits per heavy atom. The fourth-order valence-corrected chi connectivity index (χ4v) is 3.22. The van der Waals surface area contributed by atoms with Gasteiger partial charge in [-0.15, -0.1) is 10.2 Å². The molecule has 2 aromatic heterocycles. The van der Waals surface area contributed by atoms with Crippen LogP contribution in [-0.2, 0) is 7.05 Å². The molecule has 0 spiro atoms. The molecule has 0 saturated carbocycles. The minimum Gasteiger partial charge on any atom is -0.497 e. The Bertz CT molecular complexity index is 912. The third-order valence-corrected chi connectivity index (χ3v) is 4.82. The Hall–Kier alpha value is -2.87. The van der Waals surface area contributed by atoms with Crippen LogP contribution in [0.1, 0.15) is 10.4 Å². The lowest BCUT2D eigenvalue weighted by atomic mass is 10.1. The molecular formula is C18H18N4O3S. The first-order valence-electron chi connectivity index (χ1n) is 7.82. The summed E-state index contributed by atoms with van der Waals surface area (Å²) in [5.41, 5.74) is 1.38. The van der Waals surface area contributed by atoms with E-state index in [1.165, 1.54) is 18.9 Å². The molecule has 0 aliphatic heterocycles. The fraction of sp³-hybridized carbons (Fsp3) is 0.222. The Balaban J connectivity index is 1.74. The molecule has 0 amide bonds. The van der Waals surface area contributed by atoms with Gasteiger partial charge in [0.2, 0.25) is 0 Å². The van der Waals surface area contributed by atoms with Crippen molar-refractivity contribution in [2.75, 3.05) is 20.0 Å². The zero-order chi connectivity index (χ0) is 18.5. The molecular weight excluding hydrogens is 352 g/mol. The molecule has 3 aromatic rings. The lowest BCUT2D eigenvalue weighted by molar-refractivity contribution is 0.101. The molecule has 0 saturated heterocycles. The van der Waals surface area contributed by atoms with Crippen molar-refractivity contribution in [2.24, 2.45) is 7.05 Å². The van der Waals surface area contributed by atoms with Crippen LogP contribution in [0.4, 0.5) is 0 Å². The number of ether oxygens (including phenoxy) is 2. The second kappa shape index (κ2) is 8.01. The van der Waals surface area contributed by atoms with Gasteiger partial charge in [0.25, 0.3) is 0 Å². The van der Waals surface area contributed by atoms with Crippen LogP contribution in [0.2, 0.25) is 0 Å². The summed E-state index contributed by atoms with van der Waals surface area (Å²) in [6.45, 7) is 0. The number of aromatic nitrogens is 4. The van der Waals surface area contributed by atoms with E-state index in [0.717, 1.165) is 5.56 Å². The lowest BCUT2D eigenvalue weighted by Gasteiger charge is -2.09. The van der Waals surface area contributed by atoms with Crippen LogP contribution in [0, 0.1) is 0 Å². The summed E-state index contributed by atoms with van der Waals surface area (Å²) in [5.74, 6) is 2.00. The molecule has 134 valence electrons. The Labute approximate surface area is 155 Å². The number of Topliss-reactive ketones (excluding diaryl/α,β-unsaturated/α-hetero) is 1. The van der Waals surface area contributed by atoms with E-state index >= 15 is 0 Å². The first-order chi connectivity index (χ1) is 12.6. The van der Waals surface area contributed by atoms with Crippen LogP contribution in [-0.4, -0.2) is 45.5 Å². The predicted molar refractivity (Wildman–Crippen MR) is 98.8 cm³/mol. The van der Waals surface area contributed by atoms with Crippen molar-refractivity contribution in [2.45, 2.75) is 5.16 Å². The normalized spacial score (nSPS) is 10.6. The third kappa shape index (κ3) is 3.70. The maximum atomic E-state index is 12.6. The minimum atomic E-state index is -0.0552. The molecule has 0 bridgehead atoms. The molecule has 0 aliphatic rings. The van der Waals surface area contributed by atoms with Crippen molar-refractivity contribution in [3.63, 3.8) is 0 Å². The fourth-order valence-electron chi connectivity index (χ4n) is 2.42. The molecule has 8 heteroatoms. The van der Waals surface area contributed by atoms with E-state index in [-0.39, 0.29) is 11.5 Å². The average Bonchev–Trinajstić information content (AvgIpc) is 3.06. The number of benzene rings is 1. The van der Waals surface area contributed by atoms with Crippen LogP contribution in [0.5, 0.6) is 11.5 Å². The Morgan fingerprint density at radius 3 is 2.73 bits per heavy atom. The number of hydrogen-bond acceptors (Lipinski definition) is 7. The molecule has 26 heavy (non-hydrogen) atoms. The molecule has 3 rings (SSSR count). The van der Waals surface area contributed by atoms with Gasteiger partial charge in [0.05, 0.1) is 25.5 Å². The molecule has 0 fully saturated rings. The molecule has 0 N–H and O–H groups in total. The second-order valence-corrected chi connectivity index (χ2v) is 6.33. The van der Waals surface area contributed by atoms with E-state index in [4.69, 9.17) is 9.47 Å². The first-order valence-corrected chi connectivity index (χ1v) is 8.80. The summed E-state index contributed by atoms with van der Waals surface area (Å²) >= 11 is 1.33. The van der Waals surface area contributed by atoms with E-state index in [1.807, 2.05) is 23.7 Å². The first kappa shape index (κ1) is 17.9. The number of thioether (sulfide) groups is 1. The number of methoxy groups -OCH3 is 2. The van der Waals surface area contributed by atoms with Crippen molar-refractivity contribution < 1.29 is 14.3 Å². The smallest absolute Gasteiger partial charge is 0.191 e. The van der Waals surface area contributed by atoms with Crippen molar-refractivity contribution in [3.8, 4) is 22.9 Å². The standard InChI is InChI=1S/C18H18N4O3S/c1-22-17(12-5-4-8-19-10-12)20-21-18(22)26-11-15(23)14-7-6-13(24-2)9-16(14)25-3/h4-10H,11H2,1-3H3. The van der Waals surface area contributed by atoms with Crippen molar-refractivity contribution in [1.29, 1.82) is 0 Å². The predicted octanol–water partition coefficient (Wildman–Crippen LogP) is 2.87. The number of pyridine rings is 1. The summed E-state index contributed by atoms with van der Waals surface area (Å²) in [6, 6.07) is 8.90. The monoisotopic (exact) mass is 370 g/mol. The quantitative estimate of drug-likeness (QED) is 0.467. The van der Waals surface area contributed by atoms with Gasteiger partial charge in [0.1, 0.15) is 11.5 Å². The summed E-state index contributed by atoms with van der Waals surface area (Å²) in [4.78, 5) is 16.7. The van der Waals surface area contributed by atoms with Gasteiger partial charge < -0.3 is 14.0 Å². The van der Waals surface area contributed by atoms with Gasteiger partial charge in [-0.25, -0.2) is 0 Å². The maximum Gasteiger partial charge on any atom is 0.191 e. The topological polar surface area (TPSA) is 79.1 Å². The Morgan fingerprint density at radius 1 is 1.19 bits per heavy atom. The molecule has 0 aliphatic carbocycles. The van der Waals surface area contributed by atoms with Crippen LogP contribution in [0.3, 0.4) is 0 Å². The van der Waals surface area contributed by atoms with E-state index < -0.39 is 0 Å². The van der Waals surface area contributed by atoms with Crippen molar-refractivity contribution in [3.05, 3.63) is 48.3 Å². The van der Waals surface area contributed by atoms with E-state index in [2.05, 4.69) is 15.2 Å². The van der Waals surface area contributed by atoms with E-state index in [0.29, 0.717) is 28.0 Å². The summed E-state index contributed by atoms with van der Waals surface area (Å²) in [5, 5.41) is 9.02. The van der Waals surface area contributed by atoms with Crippen LogP contribution < -0.4 is 9.47 Å². The van der Waals surface area contributed by atoms with Gasteiger partial charge in [0, 0.05) is 31.1 Å². The SMILES string of the molecule is COc1ccc(C(=O)CSc2nnc(-c3cccnc3)n2C)c(OC)c1. The van der Waals surface area contributed by atoms with Gasteiger partial charge in [-0.2, -0.15) is 0 Å². The highest BCUT2D eigenvalue weighted by molar-refractivity contribution is 7.99. The highest BCUT2D eigenvalue weighted by Gasteiger charge is 2.17. The van der Waals surface area contributed by atoms with Crippen molar-refractivity contribution >= 4 is 17.5 Å². The molecule has 0 radical (unpaired) electrons. The summed E-state index contributed by atoms with van der Waals surface area (Å²) < 4.78 is 12.3. The highest BCUT2D eigenvalue weighted by atomic mass is 32.2. The molecule has 2 heterocycles.